The van der Waals surface area contributed by atoms with Gasteiger partial charge in [-0.1, -0.05) is 30.3 Å². The Bertz CT molecular complexity index is 1110. The molecule has 2 N–H and O–H groups in total. The summed E-state index contributed by atoms with van der Waals surface area (Å²) in [5.41, 5.74) is 4.79. The molecule has 0 spiro atoms. The lowest BCUT2D eigenvalue weighted by atomic mass is 10.1. The lowest BCUT2D eigenvalue weighted by Gasteiger charge is -2.22. The lowest BCUT2D eigenvalue weighted by molar-refractivity contribution is -0.384. The Hall–Kier alpha value is -3.79. The van der Waals surface area contributed by atoms with Crippen LogP contribution < -0.4 is 10.7 Å². The van der Waals surface area contributed by atoms with E-state index in [-0.39, 0.29) is 5.69 Å². The van der Waals surface area contributed by atoms with Crippen molar-refractivity contribution in [3.63, 3.8) is 0 Å². The van der Waals surface area contributed by atoms with Crippen LogP contribution in [0.2, 0.25) is 0 Å². The number of anilines is 1. The number of amides is 1. The molecule has 10 heteroatoms. The van der Waals surface area contributed by atoms with Crippen molar-refractivity contribution < 1.29 is 14.5 Å². The summed E-state index contributed by atoms with van der Waals surface area (Å²) in [6.07, 6.45) is 1.62. The molecule has 0 saturated carbocycles. The number of hydrogen-bond acceptors (Lipinski definition) is 8. The normalized spacial score (nSPS) is 12.3. The van der Waals surface area contributed by atoms with Crippen molar-refractivity contribution >= 4 is 34.5 Å². The van der Waals surface area contributed by atoms with Gasteiger partial charge in [-0.25, -0.2) is 9.78 Å². The number of hydrogen-bond donors (Lipinski definition) is 2. The number of carbonyl (C=O) groups is 1. The number of thiazole rings is 1. The third-order valence-corrected chi connectivity index (χ3v) is 5.04. The Morgan fingerprint density at radius 3 is 2.55 bits per heavy atom. The highest BCUT2D eigenvalue weighted by atomic mass is 32.1. The van der Waals surface area contributed by atoms with Gasteiger partial charge in [0.15, 0.2) is 0 Å². The van der Waals surface area contributed by atoms with E-state index < -0.39 is 22.7 Å². The van der Waals surface area contributed by atoms with E-state index in [0.29, 0.717) is 17.2 Å². The maximum Gasteiger partial charge on any atom is 0.408 e. The lowest BCUT2D eigenvalue weighted by Crippen LogP contribution is -2.41. The van der Waals surface area contributed by atoms with Crippen LogP contribution in [0.25, 0.3) is 11.3 Å². The van der Waals surface area contributed by atoms with Crippen LogP contribution in [0.3, 0.4) is 0 Å². The zero-order valence-electron chi connectivity index (χ0n) is 18.5. The maximum absolute atomic E-state index is 12.3. The summed E-state index contributed by atoms with van der Waals surface area (Å²) in [6, 6.07) is 15.5. The second kappa shape index (κ2) is 10.7. The van der Waals surface area contributed by atoms with Crippen LogP contribution in [0.4, 0.5) is 15.6 Å². The molecular formula is C23H25N5O4S. The van der Waals surface area contributed by atoms with Gasteiger partial charge >= 0.3 is 6.09 Å². The molecule has 3 aromatic rings. The number of carbonyl (C=O) groups excluding carboxylic acids is 1. The Morgan fingerprint density at radius 2 is 1.91 bits per heavy atom. The van der Waals surface area contributed by atoms with Crippen LogP contribution in [-0.2, 0) is 11.2 Å². The maximum atomic E-state index is 12.3. The molecule has 0 fully saturated rings. The molecule has 1 amide bonds. The van der Waals surface area contributed by atoms with E-state index in [0.717, 1.165) is 11.1 Å². The van der Waals surface area contributed by atoms with E-state index in [1.807, 2.05) is 35.7 Å². The van der Waals surface area contributed by atoms with Crippen molar-refractivity contribution in [1.29, 1.82) is 0 Å². The SMILES string of the molecule is CC(C)(C)OC(=O)N[C@H](/C=N/Nc1nc(-c2ccc([N+](=O)[O-])cc2)cs1)Cc1ccccc1. The van der Waals surface area contributed by atoms with E-state index in [2.05, 4.69) is 20.8 Å². The molecule has 172 valence electrons. The van der Waals surface area contributed by atoms with Crippen molar-refractivity contribution in [2.24, 2.45) is 5.10 Å². The molecule has 0 saturated heterocycles. The number of alkyl carbamates (subject to hydrolysis) is 1. The first-order chi connectivity index (χ1) is 15.7. The minimum absolute atomic E-state index is 0.0267. The van der Waals surface area contributed by atoms with Crippen molar-refractivity contribution in [2.75, 3.05) is 5.43 Å². The van der Waals surface area contributed by atoms with E-state index in [1.54, 1.807) is 39.1 Å². The van der Waals surface area contributed by atoms with Crippen molar-refractivity contribution in [3.05, 3.63) is 75.7 Å². The van der Waals surface area contributed by atoms with Gasteiger partial charge in [0.05, 0.1) is 16.7 Å². The molecule has 9 nitrogen and oxygen atoms in total. The van der Waals surface area contributed by atoms with Gasteiger partial charge in [-0.3, -0.25) is 15.5 Å². The molecule has 1 atom stereocenters. The number of nitro benzene ring substituents is 1. The van der Waals surface area contributed by atoms with Gasteiger partial charge in [0, 0.05) is 29.3 Å². The molecule has 0 aliphatic heterocycles. The van der Waals surface area contributed by atoms with Gasteiger partial charge < -0.3 is 10.1 Å². The number of aromatic nitrogens is 1. The van der Waals surface area contributed by atoms with Gasteiger partial charge in [0.1, 0.15) is 5.60 Å². The molecule has 1 aromatic heterocycles. The van der Waals surface area contributed by atoms with Crippen LogP contribution in [0.15, 0.2) is 65.1 Å². The molecule has 0 aliphatic carbocycles. The number of hydrazone groups is 1. The quantitative estimate of drug-likeness (QED) is 0.265. The third-order valence-electron chi connectivity index (χ3n) is 4.29. The zero-order chi connectivity index (χ0) is 23.8. The van der Waals surface area contributed by atoms with Crippen LogP contribution >= 0.6 is 11.3 Å². The summed E-state index contributed by atoms with van der Waals surface area (Å²) in [4.78, 5) is 27.1. The van der Waals surface area contributed by atoms with E-state index in [1.165, 1.54) is 23.5 Å². The Labute approximate surface area is 195 Å². The number of nitro groups is 1. The molecule has 0 aliphatic rings. The first-order valence-corrected chi connectivity index (χ1v) is 11.1. The minimum atomic E-state index is -0.605. The molecule has 0 radical (unpaired) electrons. The Balaban J connectivity index is 1.66. The van der Waals surface area contributed by atoms with Crippen molar-refractivity contribution in [2.45, 2.75) is 38.8 Å². The summed E-state index contributed by atoms with van der Waals surface area (Å²) >= 11 is 1.35. The highest BCUT2D eigenvalue weighted by Gasteiger charge is 2.19. The number of nitrogens with one attached hydrogen (secondary N) is 2. The summed E-state index contributed by atoms with van der Waals surface area (Å²) in [5.74, 6) is 0. The van der Waals surface area contributed by atoms with Crippen LogP contribution in [0.5, 0.6) is 0 Å². The molecular weight excluding hydrogens is 442 g/mol. The average Bonchev–Trinajstić information content (AvgIpc) is 3.22. The van der Waals surface area contributed by atoms with Crippen LogP contribution in [0, 0.1) is 10.1 Å². The van der Waals surface area contributed by atoms with Gasteiger partial charge in [-0.15, -0.1) is 11.3 Å². The summed E-state index contributed by atoms with van der Waals surface area (Å²) in [6.45, 7) is 5.41. The minimum Gasteiger partial charge on any atom is -0.444 e. The molecule has 0 bridgehead atoms. The van der Waals surface area contributed by atoms with E-state index in [9.17, 15) is 14.9 Å². The Morgan fingerprint density at radius 1 is 1.21 bits per heavy atom. The fourth-order valence-electron chi connectivity index (χ4n) is 2.86. The summed E-state index contributed by atoms with van der Waals surface area (Å²) in [7, 11) is 0. The first kappa shape index (κ1) is 23.9. The van der Waals surface area contributed by atoms with Gasteiger partial charge in [0.2, 0.25) is 5.13 Å². The monoisotopic (exact) mass is 467 g/mol. The van der Waals surface area contributed by atoms with E-state index >= 15 is 0 Å². The third kappa shape index (κ3) is 7.69. The largest absolute Gasteiger partial charge is 0.444 e. The van der Waals surface area contributed by atoms with E-state index in [4.69, 9.17) is 4.74 Å². The van der Waals surface area contributed by atoms with Gasteiger partial charge in [-0.2, -0.15) is 5.10 Å². The standard InChI is InChI=1S/C23H25N5O4S/c1-23(2,3)32-22(29)25-18(13-16-7-5-4-6-8-16)14-24-27-21-26-20(15-33-21)17-9-11-19(12-10-17)28(30)31/h4-12,14-15,18H,13H2,1-3H3,(H,25,29)(H,26,27)/b24-14+/t18-/m0/s1. The number of ether oxygens (including phenoxy) is 1. The smallest absolute Gasteiger partial charge is 0.408 e. The number of benzene rings is 2. The molecule has 3 rings (SSSR count). The van der Waals surface area contributed by atoms with Gasteiger partial charge in [-0.05, 0) is 44.9 Å². The average molecular weight is 468 g/mol. The number of rotatable bonds is 8. The second-order valence-electron chi connectivity index (χ2n) is 8.17. The first-order valence-electron chi connectivity index (χ1n) is 10.2. The predicted octanol–water partition coefficient (Wildman–Crippen LogP) is 5.25. The van der Waals surface area contributed by atoms with Crippen LogP contribution in [0.1, 0.15) is 26.3 Å². The summed E-state index contributed by atoms with van der Waals surface area (Å²) < 4.78 is 5.36. The zero-order valence-corrected chi connectivity index (χ0v) is 19.3. The molecule has 1 heterocycles. The predicted molar refractivity (Wildman–Crippen MR) is 130 cm³/mol. The highest BCUT2D eigenvalue weighted by Crippen LogP contribution is 2.26. The number of nitrogens with zero attached hydrogens (tertiary/aromatic N) is 3. The van der Waals surface area contributed by atoms with Crippen LogP contribution in [-0.4, -0.2) is 33.9 Å². The molecule has 33 heavy (non-hydrogen) atoms. The van der Waals surface area contributed by atoms with Crippen molar-refractivity contribution in [3.8, 4) is 11.3 Å². The van der Waals surface area contributed by atoms with Crippen molar-refractivity contribution in [1.82, 2.24) is 10.3 Å². The molecule has 2 aromatic carbocycles. The molecule has 0 unspecified atom stereocenters. The fraction of sp³-hybridized carbons (Fsp3) is 0.261. The topological polar surface area (TPSA) is 119 Å². The Kier molecular flexibility index (Phi) is 7.73. The highest BCUT2D eigenvalue weighted by molar-refractivity contribution is 7.14. The number of non-ortho nitro benzene ring substituents is 1. The second-order valence-corrected chi connectivity index (χ2v) is 9.03. The fourth-order valence-corrected chi connectivity index (χ4v) is 3.53. The summed E-state index contributed by atoms with van der Waals surface area (Å²) in [5, 5.41) is 20.3. The van der Waals surface area contributed by atoms with Gasteiger partial charge in [0.25, 0.3) is 5.69 Å².